The van der Waals surface area contributed by atoms with E-state index in [0.717, 1.165) is 25.7 Å². The number of nitrogens with two attached hydrogens (primary N) is 1. The van der Waals surface area contributed by atoms with Gasteiger partial charge in [0.25, 0.3) is 5.91 Å². The molecule has 114 valence electrons. The number of para-hydroxylation sites is 1. The van der Waals surface area contributed by atoms with Gasteiger partial charge in [-0.05, 0) is 31.9 Å². The number of hydrogen-bond acceptors (Lipinski definition) is 4. The lowest BCUT2D eigenvalue weighted by atomic mass is 10.0. The zero-order chi connectivity index (χ0) is 15.3. The van der Waals surface area contributed by atoms with Crippen LogP contribution in [0.4, 0.5) is 0 Å². The molecule has 0 aromatic heterocycles. The molecule has 1 aromatic rings. The molecule has 2 rings (SSSR count). The number of nitrogens with one attached hydrogen (secondary N) is 1. The summed E-state index contributed by atoms with van der Waals surface area (Å²) >= 11 is 0. The van der Waals surface area contributed by atoms with E-state index >= 15 is 0 Å². The summed E-state index contributed by atoms with van der Waals surface area (Å²) in [5.74, 6) is 0.210. The largest absolute Gasteiger partial charge is 0.483 e. The highest BCUT2D eigenvalue weighted by molar-refractivity contribution is 5.99. The summed E-state index contributed by atoms with van der Waals surface area (Å²) in [6.07, 6.45) is 4.28. The molecule has 0 bridgehead atoms. The Bertz CT molecular complexity index is 537. The number of oxime groups is 1. The van der Waals surface area contributed by atoms with E-state index in [1.165, 1.54) is 0 Å². The number of rotatable bonds is 5. The van der Waals surface area contributed by atoms with Crippen LogP contribution in [-0.2, 0) is 4.79 Å². The van der Waals surface area contributed by atoms with Crippen LogP contribution in [0.5, 0.6) is 5.75 Å². The van der Waals surface area contributed by atoms with Gasteiger partial charge in [-0.25, -0.2) is 0 Å². The molecule has 0 atom stereocenters. The molecular formula is C15H21N3O3. The summed E-state index contributed by atoms with van der Waals surface area (Å²) in [6.45, 7) is 1.97. The van der Waals surface area contributed by atoms with Crippen molar-refractivity contribution in [3.63, 3.8) is 0 Å². The van der Waals surface area contributed by atoms with Crippen LogP contribution in [0.2, 0.25) is 0 Å². The monoisotopic (exact) mass is 291 g/mol. The van der Waals surface area contributed by atoms with Crippen molar-refractivity contribution in [2.45, 2.75) is 38.1 Å². The Morgan fingerprint density at radius 3 is 2.76 bits per heavy atom. The van der Waals surface area contributed by atoms with E-state index in [4.69, 9.17) is 15.7 Å². The van der Waals surface area contributed by atoms with Crippen LogP contribution in [0.3, 0.4) is 0 Å². The van der Waals surface area contributed by atoms with Crippen LogP contribution in [0.15, 0.2) is 29.4 Å². The van der Waals surface area contributed by atoms with E-state index in [1.807, 2.05) is 0 Å². The highest BCUT2D eigenvalue weighted by Crippen LogP contribution is 2.28. The molecule has 6 heteroatoms. The SMILES string of the molecule is CC1(NC(=O)COc2ccccc2C(N)=NO)CCCC1. The Morgan fingerprint density at radius 2 is 2.10 bits per heavy atom. The standard InChI is InChI=1S/C15H21N3O3/c1-15(8-4-5-9-15)17-13(19)10-21-12-7-3-2-6-11(12)14(16)18-20/h2-3,6-7,20H,4-5,8-10H2,1H3,(H2,16,18)(H,17,19). The molecule has 1 fully saturated rings. The Labute approximate surface area is 124 Å². The number of carbonyl (C=O) groups is 1. The van der Waals surface area contributed by atoms with Gasteiger partial charge >= 0.3 is 0 Å². The summed E-state index contributed by atoms with van der Waals surface area (Å²) in [6, 6.07) is 6.86. The van der Waals surface area contributed by atoms with Gasteiger partial charge in [-0.1, -0.05) is 30.1 Å². The van der Waals surface area contributed by atoms with Gasteiger partial charge in [0, 0.05) is 5.54 Å². The molecule has 0 radical (unpaired) electrons. The summed E-state index contributed by atoms with van der Waals surface area (Å²) in [5, 5.41) is 14.7. The van der Waals surface area contributed by atoms with Crippen molar-refractivity contribution in [1.29, 1.82) is 0 Å². The number of carbonyl (C=O) groups excluding carboxylic acids is 1. The molecular weight excluding hydrogens is 270 g/mol. The van der Waals surface area contributed by atoms with Gasteiger partial charge in [0.15, 0.2) is 12.4 Å². The molecule has 1 saturated carbocycles. The van der Waals surface area contributed by atoms with E-state index in [1.54, 1.807) is 24.3 Å². The zero-order valence-corrected chi connectivity index (χ0v) is 12.1. The third-order valence-electron chi connectivity index (χ3n) is 3.78. The van der Waals surface area contributed by atoms with Crippen molar-refractivity contribution in [2.75, 3.05) is 6.61 Å². The van der Waals surface area contributed by atoms with Crippen LogP contribution < -0.4 is 15.8 Å². The summed E-state index contributed by atoms with van der Waals surface area (Å²) in [5.41, 5.74) is 5.91. The van der Waals surface area contributed by atoms with Gasteiger partial charge in [-0.2, -0.15) is 0 Å². The van der Waals surface area contributed by atoms with Crippen LogP contribution in [0.1, 0.15) is 38.2 Å². The van der Waals surface area contributed by atoms with Crippen LogP contribution in [0, 0.1) is 0 Å². The minimum atomic E-state index is -0.159. The van der Waals surface area contributed by atoms with Gasteiger partial charge in [-0.3, -0.25) is 4.79 Å². The minimum absolute atomic E-state index is 0.0474. The lowest BCUT2D eigenvalue weighted by molar-refractivity contribution is -0.124. The van der Waals surface area contributed by atoms with Crippen molar-refractivity contribution in [2.24, 2.45) is 10.9 Å². The van der Waals surface area contributed by atoms with E-state index in [2.05, 4.69) is 17.4 Å². The molecule has 1 aromatic carbocycles. The average Bonchev–Trinajstić information content (AvgIpc) is 2.90. The zero-order valence-electron chi connectivity index (χ0n) is 12.1. The second-order valence-electron chi connectivity index (χ2n) is 5.59. The first-order valence-corrected chi connectivity index (χ1v) is 7.05. The van der Waals surface area contributed by atoms with E-state index < -0.39 is 0 Å². The first kappa shape index (κ1) is 15.2. The normalized spacial score (nSPS) is 17.5. The molecule has 0 spiro atoms. The Kier molecular flexibility index (Phi) is 4.67. The van der Waals surface area contributed by atoms with E-state index in [9.17, 15) is 4.79 Å². The molecule has 6 nitrogen and oxygen atoms in total. The number of nitrogens with zero attached hydrogens (tertiary/aromatic N) is 1. The highest BCUT2D eigenvalue weighted by Gasteiger charge is 2.30. The van der Waals surface area contributed by atoms with Crippen LogP contribution in [0.25, 0.3) is 0 Å². The second kappa shape index (κ2) is 6.47. The fraction of sp³-hybridized carbons (Fsp3) is 0.467. The maximum atomic E-state index is 12.0. The predicted octanol–water partition coefficient (Wildman–Crippen LogP) is 1.61. The van der Waals surface area contributed by atoms with E-state index in [-0.39, 0.29) is 23.9 Å². The molecule has 0 aliphatic heterocycles. The summed E-state index contributed by atoms with van der Waals surface area (Å²) in [7, 11) is 0. The maximum Gasteiger partial charge on any atom is 0.258 e. The van der Waals surface area contributed by atoms with Gasteiger partial charge < -0.3 is 21.0 Å². The molecule has 21 heavy (non-hydrogen) atoms. The average molecular weight is 291 g/mol. The molecule has 0 heterocycles. The summed E-state index contributed by atoms with van der Waals surface area (Å²) in [4.78, 5) is 12.0. The Balaban J connectivity index is 1.95. The number of hydrogen-bond donors (Lipinski definition) is 3. The third-order valence-corrected chi connectivity index (χ3v) is 3.78. The van der Waals surface area contributed by atoms with Crippen molar-refractivity contribution < 1.29 is 14.7 Å². The number of benzene rings is 1. The molecule has 1 aliphatic rings. The van der Waals surface area contributed by atoms with Crippen molar-refractivity contribution in [3.8, 4) is 5.75 Å². The minimum Gasteiger partial charge on any atom is -0.483 e. The quantitative estimate of drug-likeness (QED) is 0.332. The highest BCUT2D eigenvalue weighted by atomic mass is 16.5. The van der Waals surface area contributed by atoms with Crippen molar-refractivity contribution >= 4 is 11.7 Å². The van der Waals surface area contributed by atoms with Gasteiger partial charge in [-0.15, -0.1) is 0 Å². The van der Waals surface area contributed by atoms with Crippen molar-refractivity contribution in [3.05, 3.63) is 29.8 Å². The fourth-order valence-electron chi connectivity index (χ4n) is 2.65. The maximum absolute atomic E-state index is 12.0. The first-order valence-electron chi connectivity index (χ1n) is 7.05. The third kappa shape index (κ3) is 3.87. The van der Waals surface area contributed by atoms with Gasteiger partial charge in [0.05, 0.1) is 5.56 Å². The topological polar surface area (TPSA) is 96.9 Å². The molecule has 4 N–H and O–H groups in total. The smallest absolute Gasteiger partial charge is 0.258 e. The molecule has 0 saturated heterocycles. The number of amides is 1. The number of ether oxygens (including phenoxy) is 1. The van der Waals surface area contributed by atoms with Crippen molar-refractivity contribution in [1.82, 2.24) is 5.32 Å². The van der Waals surface area contributed by atoms with Crippen LogP contribution in [-0.4, -0.2) is 29.1 Å². The number of amidine groups is 1. The molecule has 1 amide bonds. The predicted molar refractivity (Wildman–Crippen MR) is 79.5 cm³/mol. The molecule has 1 aliphatic carbocycles. The summed E-state index contributed by atoms with van der Waals surface area (Å²) < 4.78 is 5.49. The lowest BCUT2D eigenvalue weighted by Crippen LogP contribution is -2.45. The Hall–Kier alpha value is -2.24. The van der Waals surface area contributed by atoms with E-state index in [0.29, 0.717) is 11.3 Å². The Morgan fingerprint density at radius 1 is 1.43 bits per heavy atom. The molecule has 0 unspecified atom stereocenters. The fourth-order valence-corrected chi connectivity index (χ4v) is 2.65. The van der Waals surface area contributed by atoms with Gasteiger partial charge in [0.2, 0.25) is 0 Å². The first-order chi connectivity index (χ1) is 10.0. The van der Waals surface area contributed by atoms with Crippen LogP contribution >= 0.6 is 0 Å². The lowest BCUT2D eigenvalue weighted by Gasteiger charge is -2.25. The van der Waals surface area contributed by atoms with Gasteiger partial charge in [0.1, 0.15) is 5.75 Å². The second-order valence-corrected chi connectivity index (χ2v) is 5.59.